The van der Waals surface area contributed by atoms with Crippen LogP contribution in [0.3, 0.4) is 0 Å². The number of benzene rings is 1. The molecule has 1 aliphatic heterocycles. The number of phenols is 1. The summed E-state index contributed by atoms with van der Waals surface area (Å²) in [7, 11) is -3.05. The number of nitrogens with one attached hydrogen (secondary N) is 1. The zero-order chi connectivity index (χ0) is 15.3. The summed E-state index contributed by atoms with van der Waals surface area (Å²) in [6.45, 7) is 3.85. The fraction of sp³-hybridized carbons (Fsp3) is 0.600. The number of aromatic hydroxyl groups is 1. The van der Waals surface area contributed by atoms with E-state index >= 15 is 0 Å². The second kappa shape index (κ2) is 7.24. The van der Waals surface area contributed by atoms with Crippen molar-refractivity contribution in [2.75, 3.05) is 18.8 Å². The van der Waals surface area contributed by atoms with Crippen LogP contribution in [0.5, 0.6) is 5.75 Å². The van der Waals surface area contributed by atoms with E-state index in [0.717, 1.165) is 24.9 Å². The van der Waals surface area contributed by atoms with Gasteiger partial charge in [0.2, 0.25) is 10.0 Å². The molecule has 0 amide bonds. The van der Waals surface area contributed by atoms with E-state index in [9.17, 15) is 13.5 Å². The van der Waals surface area contributed by atoms with Crippen molar-refractivity contribution in [2.45, 2.75) is 38.8 Å². The van der Waals surface area contributed by atoms with Gasteiger partial charge in [0.1, 0.15) is 5.75 Å². The Balaban J connectivity index is 1.78. The predicted molar refractivity (Wildman–Crippen MR) is 83.6 cm³/mol. The number of hydrogen-bond acceptors (Lipinski definition) is 4. The smallest absolute Gasteiger partial charge is 0.214 e. The van der Waals surface area contributed by atoms with Gasteiger partial charge in [0.15, 0.2) is 0 Å². The molecule has 0 saturated carbocycles. The summed E-state index contributed by atoms with van der Waals surface area (Å²) in [4.78, 5) is 0. The summed E-state index contributed by atoms with van der Waals surface area (Å²) in [6.07, 6.45) is 2.36. The number of nitrogens with zero attached hydrogens (tertiary/aromatic N) is 1. The van der Waals surface area contributed by atoms with Crippen LogP contribution in [0.15, 0.2) is 24.3 Å². The molecule has 0 spiro atoms. The highest BCUT2D eigenvalue weighted by Crippen LogP contribution is 2.16. The first kappa shape index (κ1) is 16.3. The molecule has 0 unspecified atom stereocenters. The van der Waals surface area contributed by atoms with Gasteiger partial charge in [0.05, 0.1) is 5.75 Å². The molecular formula is C15H24N2O3S. The van der Waals surface area contributed by atoms with E-state index in [1.165, 1.54) is 0 Å². The molecule has 0 bridgehead atoms. The second-order valence-corrected chi connectivity index (χ2v) is 7.63. The number of sulfonamides is 1. The number of hydrogen-bond donors (Lipinski definition) is 2. The highest BCUT2D eigenvalue weighted by Gasteiger charge is 2.26. The Labute approximate surface area is 127 Å². The van der Waals surface area contributed by atoms with Crippen LogP contribution in [-0.4, -0.2) is 42.7 Å². The molecule has 2 N–H and O–H groups in total. The van der Waals surface area contributed by atoms with E-state index < -0.39 is 10.0 Å². The van der Waals surface area contributed by atoms with Crippen LogP contribution in [0, 0.1) is 0 Å². The van der Waals surface area contributed by atoms with Crippen molar-refractivity contribution in [3.8, 4) is 5.75 Å². The van der Waals surface area contributed by atoms with E-state index in [-0.39, 0.29) is 11.5 Å². The minimum Gasteiger partial charge on any atom is -0.508 e. The largest absolute Gasteiger partial charge is 0.508 e. The van der Waals surface area contributed by atoms with Gasteiger partial charge in [-0.15, -0.1) is 0 Å². The van der Waals surface area contributed by atoms with E-state index in [1.54, 1.807) is 16.4 Å². The zero-order valence-electron chi connectivity index (χ0n) is 12.5. The summed E-state index contributed by atoms with van der Waals surface area (Å²) >= 11 is 0. The van der Waals surface area contributed by atoms with Crippen molar-refractivity contribution in [1.82, 2.24) is 9.62 Å². The third kappa shape index (κ3) is 4.69. The summed E-state index contributed by atoms with van der Waals surface area (Å²) in [5.41, 5.74) is 1.12. The lowest BCUT2D eigenvalue weighted by Crippen LogP contribution is -2.45. The van der Waals surface area contributed by atoms with Gasteiger partial charge in [-0.1, -0.05) is 19.1 Å². The molecule has 1 aromatic rings. The SMILES string of the molecule is CCCS(=O)(=O)N1CCC(NCc2ccc(O)cc2)CC1. The molecule has 1 fully saturated rings. The van der Waals surface area contributed by atoms with Gasteiger partial charge in [0, 0.05) is 25.7 Å². The maximum Gasteiger partial charge on any atom is 0.214 e. The topological polar surface area (TPSA) is 69.6 Å². The standard InChI is InChI=1S/C15H24N2O3S/c1-2-11-21(19,20)17-9-7-14(8-10-17)16-12-13-3-5-15(18)6-4-13/h3-6,14,16,18H,2,7-12H2,1H3. The molecular weight excluding hydrogens is 288 g/mol. The van der Waals surface area contributed by atoms with Gasteiger partial charge in [-0.3, -0.25) is 0 Å². The average molecular weight is 312 g/mol. The Bertz CT molecular complexity index is 535. The summed E-state index contributed by atoms with van der Waals surface area (Å²) in [5.74, 6) is 0.520. The third-order valence-electron chi connectivity index (χ3n) is 3.84. The molecule has 118 valence electrons. The number of rotatable bonds is 6. The first-order valence-electron chi connectivity index (χ1n) is 7.50. The Kier molecular flexibility index (Phi) is 5.61. The van der Waals surface area contributed by atoms with Crippen molar-refractivity contribution in [3.05, 3.63) is 29.8 Å². The lowest BCUT2D eigenvalue weighted by Gasteiger charge is -2.31. The quantitative estimate of drug-likeness (QED) is 0.838. The maximum absolute atomic E-state index is 12.0. The van der Waals surface area contributed by atoms with Crippen molar-refractivity contribution >= 4 is 10.0 Å². The van der Waals surface area contributed by atoms with Crippen LogP contribution in [-0.2, 0) is 16.6 Å². The molecule has 0 aromatic heterocycles. The Morgan fingerprint density at radius 1 is 1.24 bits per heavy atom. The van der Waals surface area contributed by atoms with Crippen LogP contribution < -0.4 is 5.32 Å². The predicted octanol–water partition coefficient (Wildman–Crippen LogP) is 1.69. The molecule has 1 heterocycles. The van der Waals surface area contributed by atoms with E-state index in [2.05, 4.69) is 5.32 Å². The molecule has 5 nitrogen and oxygen atoms in total. The molecule has 1 aromatic carbocycles. The molecule has 2 rings (SSSR count). The Hall–Kier alpha value is -1.11. The lowest BCUT2D eigenvalue weighted by molar-refractivity contribution is 0.288. The molecule has 0 radical (unpaired) electrons. The van der Waals surface area contributed by atoms with Gasteiger partial charge in [-0.05, 0) is 37.0 Å². The van der Waals surface area contributed by atoms with Crippen LogP contribution >= 0.6 is 0 Å². The number of piperidine rings is 1. The van der Waals surface area contributed by atoms with Crippen LogP contribution in [0.4, 0.5) is 0 Å². The first-order valence-corrected chi connectivity index (χ1v) is 9.11. The fourth-order valence-corrected chi connectivity index (χ4v) is 4.14. The molecule has 6 heteroatoms. The van der Waals surface area contributed by atoms with Gasteiger partial charge >= 0.3 is 0 Å². The minimum absolute atomic E-state index is 0.249. The first-order chi connectivity index (χ1) is 10.0. The monoisotopic (exact) mass is 312 g/mol. The maximum atomic E-state index is 12.0. The van der Waals surface area contributed by atoms with Crippen LogP contribution in [0.25, 0.3) is 0 Å². The molecule has 0 aliphatic carbocycles. The van der Waals surface area contributed by atoms with E-state index in [0.29, 0.717) is 25.6 Å². The molecule has 1 saturated heterocycles. The fourth-order valence-electron chi connectivity index (χ4n) is 2.60. The minimum atomic E-state index is -3.05. The zero-order valence-corrected chi connectivity index (χ0v) is 13.3. The van der Waals surface area contributed by atoms with Crippen molar-refractivity contribution in [3.63, 3.8) is 0 Å². The highest BCUT2D eigenvalue weighted by molar-refractivity contribution is 7.89. The summed E-state index contributed by atoms with van der Waals surface area (Å²) in [5, 5.41) is 12.7. The highest BCUT2D eigenvalue weighted by atomic mass is 32.2. The summed E-state index contributed by atoms with van der Waals surface area (Å²) < 4.78 is 25.6. The van der Waals surface area contributed by atoms with Crippen molar-refractivity contribution < 1.29 is 13.5 Å². The normalized spacial score (nSPS) is 18.0. The van der Waals surface area contributed by atoms with Gasteiger partial charge in [0.25, 0.3) is 0 Å². The third-order valence-corrected chi connectivity index (χ3v) is 5.92. The Morgan fingerprint density at radius 3 is 2.43 bits per heavy atom. The molecule has 1 aliphatic rings. The van der Waals surface area contributed by atoms with Gasteiger partial charge in [-0.2, -0.15) is 0 Å². The van der Waals surface area contributed by atoms with E-state index in [1.807, 2.05) is 19.1 Å². The number of phenolic OH excluding ortho intramolecular Hbond substituents is 1. The van der Waals surface area contributed by atoms with E-state index in [4.69, 9.17) is 0 Å². The van der Waals surface area contributed by atoms with Crippen molar-refractivity contribution in [1.29, 1.82) is 0 Å². The van der Waals surface area contributed by atoms with Gasteiger partial charge < -0.3 is 10.4 Å². The summed E-state index contributed by atoms with van der Waals surface area (Å²) in [6, 6.07) is 7.49. The second-order valence-electron chi connectivity index (χ2n) is 5.54. The molecule has 21 heavy (non-hydrogen) atoms. The van der Waals surface area contributed by atoms with Crippen LogP contribution in [0.1, 0.15) is 31.7 Å². The molecule has 0 atom stereocenters. The average Bonchev–Trinajstić information content (AvgIpc) is 2.47. The Morgan fingerprint density at radius 2 is 1.86 bits per heavy atom. The van der Waals surface area contributed by atoms with Gasteiger partial charge in [-0.25, -0.2) is 12.7 Å². The van der Waals surface area contributed by atoms with Crippen LogP contribution in [0.2, 0.25) is 0 Å². The van der Waals surface area contributed by atoms with Crippen molar-refractivity contribution in [2.24, 2.45) is 0 Å². The lowest BCUT2D eigenvalue weighted by atomic mass is 10.1.